The highest BCUT2D eigenvalue weighted by Crippen LogP contribution is 2.33. The minimum atomic E-state index is -0.947. The van der Waals surface area contributed by atoms with Gasteiger partial charge in [-0.2, -0.15) is 11.8 Å². The van der Waals surface area contributed by atoms with Crippen molar-refractivity contribution in [1.82, 2.24) is 4.98 Å². The fraction of sp³-hybridized carbons (Fsp3) is 0.636. The van der Waals surface area contributed by atoms with Crippen molar-refractivity contribution in [2.24, 2.45) is 0 Å². The molecule has 1 fully saturated rings. The van der Waals surface area contributed by atoms with Crippen molar-refractivity contribution in [1.29, 1.82) is 0 Å². The number of thioether (sulfide) groups is 1. The third-order valence-electron chi connectivity index (χ3n) is 2.82. The molecule has 0 radical (unpaired) electrons. The molecule has 1 aliphatic rings. The number of hydrogen-bond donors (Lipinski definition) is 1. The smallest absolute Gasteiger partial charge is 0.355 e. The molecule has 4 nitrogen and oxygen atoms in total. The van der Waals surface area contributed by atoms with Gasteiger partial charge in [-0.3, -0.25) is 0 Å². The Morgan fingerprint density at radius 1 is 1.53 bits per heavy atom. The molecule has 1 aliphatic heterocycles. The predicted octanol–water partition coefficient (Wildman–Crippen LogP) is 2.56. The third kappa shape index (κ3) is 3.13. The summed E-state index contributed by atoms with van der Waals surface area (Å²) in [7, 11) is 0. The summed E-state index contributed by atoms with van der Waals surface area (Å²) in [5, 5.41) is 11.3. The molecule has 1 aromatic rings. The summed E-state index contributed by atoms with van der Waals surface area (Å²) in [6.07, 6.45) is 1.10. The molecule has 0 aromatic carbocycles. The van der Waals surface area contributed by atoms with Crippen LogP contribution in [-0.4, -0.2) is 39.6 Å². The van der Waals surface area contributed by atoms with E-state index in [4.69, 9.17) is 5.11 Å². The highest BCUT2D eigenvalue weighted by molar-refractivity contribution is 8.00. The van der Waals surface area contributed by atoms with E-state index in [1.54, 1.807) is 5.38 Å². The van der Waals surface area contributed by atoms with Gasteiger partial charge in [0, 0.05) is 29.0 Å². The molecule has 1 saturated heterocycles. The molecule has 17 heavy (non-hydrogen) atoms. The van der Waals surface area contributed by atoms with Gasteiger partial charge in [0.1, 0.15) is 0 Å². The minimum Gasteiger partial charge on any atom is -0.476 e. The SMILES string of the molecule is CC1(C)CCN(c2nc(C(=O)O)cs2)CCS1. The van der Waals surface area contributed by atoms with Gasteiger partial charge in [0.05, 0.1) is 0 Å². The van der Waals surface area contributed by atoms with E-state index in [-0.39, 0.29) is 5.69 Å². The molecular formula is C11H16N2O2S2. The van der Waals surface area contributed by atoms with E-state index in [2.05, 4.69) is 23.7 Å². The molecule has 0 spiro atoms. The summed E-state index contributed by atoms with van der Waals surface area (Å²) < 4.78 is 0.307. The van der Waals surface area contributed by atoms with Crippen molar-refractivity contribution in [2.45, 2.75) is 25.0 Å². The fourth-order valence-corrected chi connectivity index (χ4v) is 3.67. The molecule has 0 unspecified atom stereocenters. The molecular weight excluding hydrogens is 256 g/mol. The second-order valence-corrected chi connectivity index (χ2v) is 7.30. The summed E-state index contributed by atoms with van der Waals surface area (Å²) in [6, 6.07) is 0. The Morgan fingerprint density at radius 3 is 2.94 bits per heavy atom. The number of rotatable bonds is 2. The van der Waals surface area contributed by atoms with Gasteiger partial charge in [-0.1, -0.05) is 13.8 Å². The predicted molar refractivity (Wildman–Crippen MR) is 72.4 cm³/mol. The van der Waals surface area contributed by atoms with Gasteiger partial charge in [-0.15, -0.1) is 11.3 Å². The maximum absolute atomic E-state index is 10.8. The van der Waals surface area contributed by atoms with Crippen LogP contribution < -0.4 is 4.90 Å². The quantitative estimate of drug-likeness (QED) is 0.896. The number of thiazole rings is 1. The highest BCUT2D eigenvalue weighted by atomic mass is 32.2. The lowest BCUT2D eigenvalue weighted by atomic mass is 10.1. The molecule has 1 aromatic heterocycles. The van der Waals surface area contributed by atoms with Crippen molar-refractivity contribution in [2.75, 3.05) is 23.7 Å². The summed E-state index contributed by atoms with van der Waals surface area (Å²) >= 11 is 3.39. The zero-order valence-electron chi connectivity index (χ0n) is 9.97. The number of aromatic carboxylic acids is 1. The summed E-state index contributed by atoms with van der Waals surface area (Å²) in [5.41, 5.74) is 0.154. The lowest BCUT2D eigenvalue weighted by Crippen LogP contribution is -2.26. The van der Waals surface area contributed by atoms with E-state index in [0.717, 1.165) is 30.4 Å². The molecule has 2 heterocycles. The highest BCUT2D eigenvalue weighted by Gasteiger charge is 2.25. The molecule has 0 saturated carbocycles. The van der Waals surface area contributed by atoms with Crippen molar-refractivity contribution < 1.29 is 9.90 Å². The maximum atomic E-state index is 10.8. The number of nitrogens with zero attached hydrogens (tertiary/aromatic N) is 2. The lowest BCUT2D eigenvalue weighted by molar-refractivity contribution is 0.0691. The van der Waals surface area contributed by atoms with Gasteiger partial charge in [-0.25, -0.2) is 9.78 Å². The van der Waals surface area contributed by atoms with Crippen LogP contribution in [0.4, 0.5) is 5.13 Å². The largest absolute Gasteiger partial charge is 0.476 e. The molecule has 2 rings (SSSR count). The Bertz CT molecular complexity index is 417. The van der Waals surface area contributed by atoms with E-state index >= 15 is 0 Å². The van der Waals surface area contributed by atoms with E-state index in [1.807, 2.05) is 11.8 Å². The van der Waals surface area contributed by atoms with Crippen molar-refractivity contribution in [3.8, 4) is 0 Å². The first-order chi connectivity index (χ1) is 7.98. The van der Waals surface area contributed by atoms with Crippen LogP contribution in [0, 0.1) is 0 Å². The van der Waals surface area contributed by atoms with Crippen LogP contribution in [0.25, 0.3) is 0 Å². The Labute approximate surface area is 109 Å². The zero-order chi connectivity index (χ0) is 12.5. The van der Waals surface area contributed by atoms with Crippen LogP contribution in [0.3, 0.4) is 0 Å². The topological polar surface area (TPSA) is 53.4 Å². The first-order valence-electron chi connectivity index (χ1n) is 5.56. The molecule has 94 valence electrons. The summed E-state index contributed by atoms with van der Waals surface area (Å²) in [4.78, 5) is 17.1. The van der Waals surface area contributed by atoms with Crippen LogP contribution in [0.1, 0.15) is 30.8 Å². The number of anilines is 1. The zero-order valence-corrected chi connectivity index (χ0v) is 11.6. The van der Waals surface area contributed by atoms with Gasteiger partial charge in [-0.05, 0) is 6.42 Å². The Balaban J connectivity index is 2.09. The summed E-state index contributed by atoms with van der Waals surface area (Å²) in [5.74, 6) is 0.117. The van der Waals surface area contributed by atoms with E-state index in [9.17, 15) is 4.79 Å². The Hall–Kier alpha value is -0.750. The van der Waals surface area contributed by atoms with Crippen LogP contribution >= 0.6 is 23.1 Å². The minimum absolute atomic E-state index is 0.154. The number of hydrogen-bond acceptors (Lipinski definition) is 5. The van der Waals surface area contributed by atoms with Gasteiger partial charge in [0.15, 0.2) is 10.8 Å². The average molecular weight is 272 g/mol. The van der Waals surface area contributed by atoms with Crippen molar-refractivity contribution in [3.05, 3.63) is 11.1 Å². The summed E-state index contributed by atoms with van der Waals surface area (Å²) in [6.45, 7) is 6.41. The lowest BCUT2D eigenvalue weighted by Gasteiger charge is -2.22. The molecule has 1 N–H and O–H groups in total. The van der Waals surface area contributed by atoms with Gasteiger partial charge in [0.25, 0.3) is 0 Å². The van der Waals surface area contributed by atoms with E-state index < -0.39 is 5.97 Å². The average Bonchev–Trinajstić information content (AvgIpc) is 2.65. The number of carboxylic acids is 1. The van der Waals surface area contributed by atoms with Crippen molar-refractivity contribution in [3.63, 3.8) is 0 Å². The third-order valence-corrected chi connectivity index (χ3v) is 5.09. The van der Waals surface area contributed by atoms with Crippen molar-refractivity contribution >= 4 is 34.2 Å². The number of carboxylic acid groups (broad SMARTS) is 1. The first-order valence-corrected chi connectivity index (χ1v) is 7.42. The van der Waals surface area contributed by atoms with Gasteiger partial charge < -0.3 is 10.0 Å². The van der Waals surface area contributed by atoms with Crippen LogP contribution in [0.5, 0.6) is 0 Å². The Morgan fingerprint density at radius 2 is 2.29 bits per heavy atom. The molecule has 0 aliphatic carbocycles. The molecule has 0 atom stereocenters. The maximum Gasteiger partial charge on any atom is 0.355 e. The second-order valence-electron chi connectivity index (χ2n) is 4.67. The number of aromatic nitrogens is 1. The van der Waals surface area contributed by atoms with Gasteiger partial charge in [0.2, 0.25) is 0 Å². The van der Waals surface area contributed by atoms with E-state index in [1.165, 1.54) is 11.3 Å². The normalized spacial score (nSPS) is 20.0. The number of carbonyl (C=O) groups is 1. The van der Waals surface area contributed by atoms with Crippen LogP contribution in [0.2, 0.25) is 0 Å². The van der Waals surface area contributed by atoms with Crippen LogP contribution in [0.15, 0.2) is 5.38 Å². The molecule has 0 amide bonds. The fourth-order valence-electron chi connectivity index (χ4n) is 1.72. The van der Waals surface area contributed by atoms with Gasteiger partial charge >= 0.3 is 5.97 Å². The standard InChI is InChI=1S/C11H16N2O2S2/c1-11(2)3-4-13(5-6-17-11)10-12-8(7-16-10)9(14)15/h7H,3-6H2,1-2H3,(H,14,15). The first kappa shape index (κ1) is 12.7. The second kappa shape index (κ2) is 4.86. The molecule has 6 heteroatoms. The van der Waals surface area contributed by atoms with Crippen LogP contribution in [-0.2, 0) is 0 Å². The molecule has 0 bridgehead atoms. The van der Waals surface area contributed by atoms with E-state index in [0.29, 0.717) is 4.75 Å². The Kier molecular flexibility index (Phi) is 3.63. The monoisotopic (exact) mass is 272 g/mol.